The summed E-state index contributed by atoms with van der Waals surface area (Å²) in [4.78, 5) is 15.6. The Bertz CT molecular complexity index is 618. The van der Waals surface area contributed by atoms with Crippen molar-refractivity contribution in [3.05, 3.63) is 36.4 Å². The molecule has 0 bridgehead atoms. The summed E-state index contributed by atoms with van der Waals surface area (Å²) < 4.78 is 0. The maximum Gasteiger partial charge on any atom is 0.129 e. The molecule has 0 saturated carbocycles. The van der Waals surface area contributed by atoms with Crippen molar-refractivity contribution < 1.29 is 0 Å². The van der Waals surface area contributed by atoms with Crippen LogP contribution in [0, 0.1) is 5.92 Å². The van der Waals surface area contributed by atoms with E-state index < -0.39 is 0 Å². The van der Waals surface area contributed by atoms with E-state index in [1.165, 1.54) is 31.6 Å². The summed E-state index contributed by atoms with van der Waals surface area (Å²) in [6.07, 6.45) is 7.17. The Kier molecular flexibility index (Phi) is 5.18. The average Bonchev–Trinajstić information content (AvgIpc) is 2.58. The molecule has 0 aliphatic carbocycles. The number of nitrogens with zero attached hydrogens (tertiary/aromatic N) is 4. The standard InChI is InChI=1S/C18H25N5/c1-3-19-18-11-17(21-13-22-18)15-4-5-16(20-12-15)10-14-6-8-23(2)9-7-14/h4-5,11-14H,3,6-10H2,1-2H3,(H,19,21,22). The number of hydrogen-bond acceptors (Lipinski definition) is 5. The molecule has 122 valence electrons. The van der Waals surface area contributed by atoms with Crippen LogP contribution in [-0.4, -0.2) is 46.5 Å². The van der Waals surface area contributed by atoms with Gasteiger partial charge >= 0.3 is 0 Å². The molecule has 3 rings (SSSR count). The maximum absolute atomic E-state index is 4.65. The molecule has 0 unspecified atom stereocenters. The van der Waals surface area contributed by atoms with Crippen LogP contribution in [0.1, 0.15) is 25.5 Å². The molecule has 23 heavy (non-hydrogen) atoms. The van der Waals surface area contributed by atoms with Crippen LogP contribution in [0.4, 0.5) is 5.82 Å². The first kappa shape index (κ1) is 15.9. The van der Waals surface area contributed by atoms with E-state index in [0.717, 1.165) is 36.0 Å². The Morgan fingerprint density at radius 3 is 2.70 bits per heavy atom. The smallest absolute Gasteiger partial charge is 0.129 e. The second-order valence-corrected chi connectivity index (χ2v) is 6.31. The summed E-state index contributed by atoms with van der Waals surface area (Å²) in [5.74, 6) is 1.62. The molecule has 1 saturated heterocycles. The second kappa shape index (κ2) is 7.51. The molecule has 1 aliphatic heterocycles. The minimum Gasteiger partial charge on any atom is -0.370 e. The third kappa shape index (κ3) is 4.26. The van der Waals surface area contributed by atoms with Crippen molar-refractivity contribution in [3.8, 4) is 11.3 Å². The van der Waals surface area contributed by atoms with Crippen LogP contribution < -0.4 is 5.32 Å². The van der Waals surface area contributed by atoms with E-state index >= 15 is 0 Å². The van der Waals surface area contributed by atoms with Crippen LogP contribution in [0.5, 0.6) is 0 Å². The van der Waals surface area contributed by atoms with Crippen molar-refractivity contribution in [1.29, 1.82) is 0 Å². The molecule has 0 atom stereocenters. The summed E-state index contributed by atoms with van der Waals surface area (Å²) in [7, 11) is 2.20. The predicted octanol–water partition coefficient (Wildman–Crippen LogP) is 2.85. The minimum absolute atomic E-state index is 0.768. The van der Waals surface area contributed by atoms with Crippen LogP contribution in [-0.2, 0) is 6.42 Å². The lowest BCUT2D eigenvalue weighted by atomic mass is 9.92. The Balaban J connectivity index is 1.66. The first-order valence-electron chi connectivity index (χ1n) is 8.44. The van der Waals surface area contributed by atoms with Gasteiger partial charge in [-0.25, -0.2) is 9.97 Å². The van der Waals surface area contributed by atoms with Crippen molar-refractivity contribution in [2.45, 2.75) is 26.2 Å². The van der Waals surface area contributed by atoms with Gasteiger partial charge in [-0.1, -0.05) is 0 Å². The van der Waals surface area contributed by atoms with Gasteiger partial charge in [0.1, 0.15) is 12.1 Å². The van der Waals surface area contributed by atoms with Gasteiger partial charge in [-0.3, -0.25) is 4.98 Å². The third-order valence-electron chi connectivity index (χ3n) is 4.48. The van der Waals surface area contributed by atoms with Crippen molar-refractivity contribution >= 4 is 5.82 Å². The Morgan fingerprint density at radius 1 is 1.17 bits per heavy atom. The van der Waals surface area contributed by atoms with E-state index in [0.29, 0.717) is 0 Å². The van der Waals surface area contributed by atoms with Crippen LogP contribution in [0.2, 0.25) is 0 Å². The summed E-state index contributed by atoms with van der Waals surface area (Å²) in [5, 5.41) is 3.21. The molecule has 0 radical (unpaired) electrons. The normalized spacial score (nSPS) is 16.4. The average molecular weight is 311 g/mol. The summed E-state index contributed by atoms with van der Waals surface area (Å²) in [6.45, 7) is 5.32. The predicted molar refractivity (Wildman–Crippen MR) is 93.4 cm³/mol. The number of nitrogens with one attached hydrogen (secondary N) is 1. The van der Waals surface area contributed by atoms with Crippen LogP contribution in [0.3, 0.4) is 0 Å². The molecule has 3 heterocycles. The first-order chi connectivity index (χ1) is 11.2. The van der Waals surface area contributed by atoms with E-state index in [9.17, 15) is 0 Å². The van der Waals surface area contributed by atoms with Gasteiger partial charge in [0, 0.05) is 30.1 Å². The number of anilines is 1. The van der Waals surface area contributed by atoms with E-state index in [2.05, 4.69) is 51.3 Å². The van der Waals surface area contributed by atoms with Crippen LogP contribution >= 0.6 is 0 Å². The number of rotatable bonds is 5. The number of pyridine rings is 1. The van der Waals surface area contributed by atoms with Crippen molar-refractivity contribution in [2.24, 2.45) is 5.92 Å². The molecule has 5 nitrogen and oxygen atoms in total. The third-order valence-corrected chi connectivity index (χ3v) is 4.48. The van der Waals surface area contributed by atoms with Crippen LogP contribution in [0.15, 0.2) is 30.7 Å². The second-order valence-electron chi connectivity index (χ2n) is 6.31. The zero-order valence-electron chi connectivity index (χ0n) is 14.0. The first-order valence-corrected chi connectivity index (χ1v) is 8.44. The molecule has 1 fully saturated rings. The van der Waals surface area contributed by atoms with Crippen molar-refractivity contribution in [1.82, 2.24) is 19.9 Å². The lowest BCUT2D eigenvalue weighted by Gasteiger charge is -2.28. The van der Waals surface area contributed by atoms with E-state index in [-0.39, 0.29) is 0 Å². The van der Waals surface area contributed by atoms with Gasteiger partial charge in [0.25, 0.3) is 0 Å². The SMILES string of the molecule is CCNc1cc(-c2ccc(CC3CCN(C)CC3)nc2)ncn1. The molecular formula is C18H25N5. The summed E-state index contributed by atoms with van der Waals surface area (Å²) in [5.41, 5.74) is 3.14. The van der Waals surface area contributed by atoms with Gasteiger partial charge in [0.05, 0.1) is 5.69 Å². The van der Waals surface area contributed by atoms with Crippen molar-refractivity contribution in [2.75, 3.05) is 32.0 Å². The highest BCUT2D eigenvalue weighted by Gasteiger charge is 2.17. The Hall–Kier alpha value is -2.01. The minimum atomic E-state index is 0.768. The highest BCUT2D eigenvalue weighted by molar-refractivity contribution is 5.61. The van der Waals surface area contributed by atoms with Crippen LogP contribution in [0.25, 0.3) is 11.3 Å². The fourth-order valence-corrected chi connectivity index (χ4v) is 3.05. The Labute approximate surface area is 138 Å². The number of likely N-dealkylation sites (tertiary alicyclic amines) is 1. The number of piperidine rings is 1. The molecule has 2 aromatic rings. The van der Waals surface area contributed by atoms with E-state index in [4.69, 9.17) is 0 Å². The van der Waals surface area contributed by atoms with Crippen molar-refractivity contribution in [3.63, 3.8) is 0 Å². The monoisotopic (exact) mass is 311 g/mol. The van der Waals surface area contributed by atoms with Gasteiger partial charge in [0.2, 0.25) is 0 Å². The molecule has 0 aromatic carbocycles. The number of aromatic nitrogens is 3. The lowest BCUT2D eigenvalue weighted by molar-refractivity contribution is 0.218. The highest BCUT2D eigenvalue weighted by Crippen LogP contribution is 2.22. The zero-order chi connectivity index (χ0) is 16.1. The quantitative estimate of drug-likeness (QED) is 0.920. The zero-order valence-corrected chi connectivity index (χ0v) is 14.0. The molecular weight excluding hydrogens is 286 g/mol. The summed E-state index contributed by atoms with van der Waals surface area (Å²) in [6, 6.07) is 6.23. The fourth-order valence-electron chi connectivity index (χ4n) is 3.05. The number of hydrogen-bond donors (Lipinski definition) is 1. The van der Waals surface area contributed by atoms with Gasteiger partial charge in [0.15, 0.2) is 0 Å². The highest BCUT2D eigenvalue weighted by atomic mass is 15.1. The largest absolute Gasteiger partial charge is 0.370 e. The van der Waals surface area contributed by atoms with E-state index in [1.807, 2.05) is 12.3 Å². The van der Waals surface area contributed by atoms with Gasteiger partial charge in [-0.2, -0.15) is 0 Å². The summed E-state index contributed by atoms with van der Waals surface area (Å²) >= 11 is 0. The lowest BCUT2D eigenvalue weighted by Crippen LogP contribution is -2.31. The van der Waals surface area contributed by atoms with Gasteiger partial charge < -0.3 is 10.2 Å². The molecule has 2 aromatic heterocycles. The molecule has 0 amide bonds. The topological polar surface area (TPSA) is 53.9 Å². The maximum atomic E-state index is 4.65. The Morgan fingerprint density at radius 2 is 2.00 bits per heavy atom. The molecule has 1 aliphatic rings. The molecule has 0 spiro atoms. The molecule has 1 N–H and O–H groups in total. The van der Waals surface area contributed by atoms with Gasteiger partial charge in [-0.05, 0) is 64.4 Å². The van der Waals surface area contributed by atoms with Gasteiger partial charge in [-0.15, -0.1) is 0 Å². The fraction of sp³-hybridized carbons (Fsp3) is 0.500. The van der Waals surface area contributed by atoms with E-state index in [1.54, 1.807) is 6.33 Å². The molecule has 5 heteroatoms.